The summed E-state index contributed by atoms with van der Waals surface area (Å²) in [5.74, 6) is -0.545. The number of fused-ring (bicyclic) bond motifs is 1. The van der Waals surface area contributed by atoms with Crippen LogP contribution < -0.4 is 9.57 Å². The number of aromatic nitrogens is 3. The van der Waals surface area contributed by atoms with Gasteiger partial charge in [-0.15, -0.1) is 5.10 Å². The molecule has 0 fully saturated rings. The van der Waals surface area contributed by atoms with E-state index in [2.05, 4.69) is 10.3 Å². The predicted molar refractivity (Wildman–Crippen MR) is 107 cm³/mol. The van der Waals surface area contributed by atoms with E-state index in [0.717, 1.165) is 4.85 Å². The number of amides is 1. The van der Waals surface area contributed by atoms with Crippen LogP contribution in [0.2, 0.25) is 0 Å². The largest absolute Gasteiger partial charge is 0.483 e. The highest BCUT2D eigenvalue weighted by atomic mass is 16.7. The number of para-hydroxylation sites is 2. The molecule has 0 spiro atoms. The van der Waals surface area contributed by atoms with Gasteiger partial charge in [0.05, 0.1) is 0 Å². The van der Waals surface area contributed by atoms with E-state index in [0.29, 0.717) is 11.0 Å². The molecule has 1 amide bonds. The molecule has 152 valence electrons. The van der Waals surface area contributed by atoms with E-state index in [1.165, 1.54) is 0 Å². The molecule has 0 saturated carbocycles. The number of hydrogen-bond acceptors (Lipinski definition) is 6. The highest BCUT2D eigenvalue weighted by Gasteiger charge is 2.22. The Morgan fingerprint density at radius 2 is 1.66 bits per heavy atom. The van der Waals surface area contributed by atoms with E-state index in [9.17, 15) is 9.59 Å². The van der Waals surface area contributed by atoms with Gasteiger partial charge < -0.3 is 14.5 Å². The monoisotopic (exact) mass is 396 g/mol. The van der Waals surface area contributed by atoms with Crippen molar-refractivity contribution in [3.05, 3.63) is 54.1 Å². The van der Waals surface area contributed by atoms with Crippen molar-refractivity contribution < 1.29 is 19.2 Å². The van der Waals surface area contributed by atoms with Crippen LogP contribution in [-0.2, 0) is 4.79 Å². The van der Waals surface area contributed by atoms with Gasteiger partial charge in [-0.3, -0.25) is 4.79 Å². The Hall–Kier alpha value is -3.42. The van der Waals surface area contributed by atoms with E-state index in [4.69, 9.17) is 9.57 Å². The van der Waals surface area contributed by atoms with Gasteiger partial charge in [-0.2, -0.15) is 0 Å². The summed E-state index contributed by atoms with van der Waals surface area (Å²) >= 11 is 0. The fourth-order valence-corrected chi connectivity index (χ4v) is 3.19. The van der Waals surface area contributed by atoms with Crippen molar-refractivity contribution in [1.29, 1.82) is 0 Å². The first-order valence-electron chi connectivity index (χ1n) is 9.44. The number of ether oxygens (including phenoxy) is 1. The van der Waals surface area contributed by atoms with Crippen molar-refractivity contribution in [3.8, 4) is 5.75 Å². The van der Waals surface area contributed by atoms with E-state index in [-0.39, 0.29) is 35.9 Å². The molecule has 3 rings (SSSR count). The highest BCUT2D eigenvalue weighted by Crippen LogP contribution is 2.19. The molecular formula is C21H24N4O4. The molecule has 1 aromatic heterocycles. The van der Waals surface area contributed by atoms with Crippen LogP contribution in [0.4, 0.5) is 0 Å². The molecule has 0 N–H and O–H groups in total. The summed E-state index contributed by atoms with van der Waals surface area (Å²) in [6, 6.07) is 13.8. The number of carbonyl (C=O) groups excluding carboxylic acids is 2. The molecule has 29 heavy (non-hydrogen) atoms. The Labute approximate surface area is 169 Å². The van der Waals surface area contributed by atoms with Crippen LogP contribution >= 0.6 is 0 Å². The number of nitrogens with zero attached hydrogens (tertiary/aromatic N) is 4. The summed E-state index contributed by atoms with van der Waals surface area (Å²) < 4.78 is 5.67. The van der Waals surface area contributed by atoms with Crippen LogP contribution in [0.3, 0.4) is 0 Å². The van der Waals surface area contributed by atoms with Crippen LogP contribution in [0.1, 0.15) is 38.1 Å². The molecule has 2 aromatic carbocycles. The summed E-state index contributed by atoms with van der Waals surface area (Å²) in [5, 5.41) is 7.80. The summed E-state index contributed by atoms with van der Waals surface area (Å²) in [5.41, 5.74) is 1.37. The molecule has 8 nitrogen and oxygen atoms in total. The maximum atomic E-state index is 12.7. The number of benzene rings is 2. The molecule has 0 bridgehead atoms. The number of hydrogen-bond donors (Lipinski definition) is 0. The zero-order chi connectivity index (χ0) is 21.0. The molecule has 3 aromatic rings. The van der Waals surface area contributed by atoms with E-state index in [1.807, 2.05) is 33.8 Å². The minimum Gasteiger partial charge on any atom is -0.483 e. The lowest BCUT2D eigenvalue weighted by Crippen LogP contribution is -2.44. The fraction of sp³-hybridized carbons (Fsp3) is 0.333. The molecular weight excluding hydrogens is 372 g/mol. The Morgan fingerprint density at radius 1 is 1.00 bits per heavy atom. The van der Waals surface area contributed by atoms with Crippen molar-refractivity contribution in [2.75, 3.05) is 6.61 Å². The quantitative estimate of drug-likeness (QED) is 0.571. The number of rotatable bonds is 7. The van der Waals surface area contributed by atoms with Gasteiger partial charge >= 0.3 is 5.97 Å². The SMILES string of the molecule is CC(C)N(C(=O)COc1ccccc1C(=O)On1nnc2ccccc21)C(C)C. The van der Waals surface area contributed by atoms with E-state index >= 15 is 0 Å². The van der Waals surface area contributed by atoms with Crippen LogP contribution in [0.15, 0.2) is 48.5 Å². The third kappa shape index (κ3) is 4.53. The van der Waals surface area contributed by atoms with Crippen LogP contribution in [0.5, 0.6) is 5.75 Å². The van der Waals surface area contributed by atoms with Crippen LogP contribution in [0.25, 0.3) is 11.0 Å². The normalized spacial score (nSPS) is 11.1. The lowest BCUT2D eigenvalue weighted by molar-refractivity contribution is -0.137. The molecule has 0 aliphatic heterocycles. The minimum absolute atomic E-state index is 0.0481. The average molecular weight is 396 g/mol. The van der Waals surface area contributed by atoms with Crippen molar-refractivity contribution in [2.45, 2.75) is 39.8 Å². The lowest BCUT2D eigenvalue weighted by Gasteiger charge is -2.30. The van der Waals surface area contributed by atoms with Crippen molar-refractivity contribution in [1.82, 2.24) is 20.1 Å². The van der Waals surface area contributed by atoms with Gasteiger partial charge in [0, 0.05) is 12.1 Å². The second-order valence-electron chi connectivity index (χ2n) is 7.10. The second kappa shape index (κ2) is 8.72. The Kier molecular flexibility index (Phi) is 6.11. The first-order valence-corrected chi connectivity index (χ1v) is 9.44. The molecule has 1 heterocycles. The van der Waals surface area contributed by atoms with Crippen molar-refractivity contribution >= 4 is 22.9 Å². The number of carbonyl (C=O) groups is 2. The first kappa shape index (κ1) is 20.3. The van der Waals surface area contributed by atoms with Gasteiger partial charge in [-0.25, -0.2) is 4.79 Å². The third-order valence-electron chi connectivity index (χ3n) is 4.35. The van der Waals surface area contributed by atoms with Gasteiger partial charge in [-0.1, -0.05) is 29.1 Å². The molecule has 0 radical (unpaired) electrons. The Bertz CT molecular complexity index is 1000. The second-order valence-corrected chi connectivity index (χ2v) is 7.10. The van der Waals surface area contributed by atoms with Gasteiger partial charge in [-0.05, 0) is 57.2 Å². The summed E-state index contributed by atoms with van der Waals surface area (Å²) in [6.07, 6.45) is 0. The van der Waals surface area contributed by atoms with E-state index < -0.39 is 5.97 Å². The van der Waals surface area contributed by atoms with Crippen molar-refractivity contribution in [3.63, 3.8) is 0 Å². The fourth-order valence-electron chi connectivity index (χ4n) is 3.19. The topological polar surface area (TPSA) is 86.5 Å². The van der Waals surface area contributed by atoms with Gasteiger partial charge in [0.25, 0.3) is 5.91 Å². The summed E-state index contributed by atoms with van der Waals surface area (Å²) in [4.78, 5) is 33.4. The average Bonchev–Trinajstić information content (AvgIpc) is 3.09. The minimum atomic E-state index is -0.659. The maximum Gasteiger partial charge on any atom is 0.369 e. The summed E-state index contributed by atoms with van der Waals surface area (Å²) in [7, 11) is 0. The predicted octanol–water partition coefficient (Wildman–Crippen LogP) is 2.72. The molecule has 0 saturated heterocycles. The van der Waals surface area contributed by atoms with Crippen LogP contribution in [-0.4, -0.2) is 50.6 Å². The smallest absolute Gasteiger partial charge is 0.369 e. The van der Waals surface area contributed by atoms with Gasteiger partial charge in [0.1, 0.15) is 22.3 Å². The molecule has 0 aliphatic rings. The third-order valence-corrected chi connectivity index (χ3v) is 4.35. The molecule has 8 heteroatoms. The molecule has 0 aliphatic carbocycles. The zero-order valence-electron chi connectivity index (χ0n) is 16.9. The Morgan fingerprint density at radius 3 is 2.38 bits per heavy atom. The molecule has 0 atom stereocenters. The maximum absolute atomic E-state index is 12.7. The first-order chi connectivity index (χ1) is 13.9. The van der Waals surface area contributed by atoms with Crippen molar-refractivity contribution in [2.24, 2.45) is 0 Å². The molecule has 0 unspecified atom stereocenters. The Balaban J connectivity index is 1.75. The standard InChI is InChI=1S/C21H24N4O4/c1-14(2)24(15(3)4)20(26)13-28-19-12-8-5-9-16(19)21(27)29-25-18-11-7-6-10-17(18)22-23-25/h5-12,14-15H,13H2,1-4H3. The summed E-state index contributed by atoms with van der Waals surface area (Å²) in [6.45, 7) is 7.63. The van der Waals surface area contributed by atoms with Gasteiger partial charge in [0.2, 0.25) is 0 Å². The highest BCUT2D eigenvalue weighted by molar-refractivity contribution is 5.93. The van der Waals surface area contributed by atoms with Crippen LogP contribution in [0, 0.1) is 0 Å². The lowest BCUT2D eigenvalue weighted by atomic mass is 10.2. The zero-order valence-corrected chi connectivity index (χ0v) is 16.9. The van der Waals surface area contributed by atoms with Gasteiger partial charge in [0.15, 0.2) is 6.61 Å². The van der Waals surface area contributed by atoms with E-state index in [1.54, 1.807) is 47.4 Å².